The molecule has 0 aliphatic heterocycles. The zero-order valence-corrected chi connectivity index (χ0v) is 7.84. The molecule has 0 amide bonds. The first-order valence-electron chi connectivity index (χ1n) is 2.58. The molecule has 0 spiro atoms. The van der Waals surface area contributed by atoms with Crippen molar-refractivity contribution >= 4 is 28.3 Å². The van der Waals surface area contributed by atoms with Crippen LogP contribution in [0.1, 0.15) is 0 Å². The van der Waals surface area contributed by atoms with E-state index in [1.165, 1.54) is 0 Å². The lowest BCUT2D eigenvalue weighted by atomic mass is 11.0. The van der Waals surface area contributed by atoms with E-state index in [4.69, 9.17) is 12.2 Å². The molecule has 0 aliphatic rings. The molecule has 0 radical (unpaired) electrons. The minimum Gasteiger partial charge on any atom is -0.294 e. The van der Waals surface area contributed by atoms with Gasteiger partial charge in [0.25, 0.3) is 0 Å². The molecule has 0 atom stereocenters. The van der Waals surface area contributed by atoms with Crippen LogP contribution < -0.4 is 0 Å². The molecule has 0 saturated heterocycles. The van der Waals surface area contributed by atoms with Crippen molar-refractivity contribution in [3.8, 4) is 0 Å². The van der Waals surface area contributed by atoms with Crippen LogP contribution in [0.3, 0.4) is 0 Å². The summed E-state index contributed by atoms with van der Waals surface area (Å²) >= 11 is 6.58. The van der Waals surface area contributed by atoms with E-state index >= 15 is 0 Å². The second-order valence-electron chi connectivity index (χ2n) is 1.84. The molecule has 0 fully saturated rings. The quantitative estimate of drug-likeness (QED) is 0.422. The van der Waals surface area contributed by atoms with E-state index in [1.54, 1.807) is 11.8 Å². The summed E-state index contributed by atoms with van der Waals surface area (Å²) in [5, 5.41) is 3.86. The normalized spacial score (nSPS) is 9.89. The largest absolute Gasteiger partial charge is 0.294 e. The minimum absolute atomic E-state index is 0.889. The number of hydrogen-bond acceptors (Lipinski definition) is 3. The van der Waals surface area contributed by atoms with Gasteiger partial charge in [0.15, 0.2) is 0 Å². The van der Waals surface area contributed by atoms with Crippen molar-refractivity contribution in [2.45, 2.75) is 0 Å². The van der Waals surface area contributed by atoms with E-state index in [1.807, 2.05) is 37.4 Å². The van der Waals surface area contributed by atoms with E-state index in [2.05, 4.69) is 0 Å². The molecule has 0 N–H and O–H groups in total. The zero-order valence-electron chi connectivity index (χ0n) is 6.21. The summed E-state index contributed by atoms with van der Waals surface area (Å²) in [6.45, 7) is 0. The van der Waals surface area contributed by atoms with Gasteiger partial charge < -0.3 is 0 Å². The molecule has 9 heavy (non-hydrogen) atoms. The van der Waals surface area contributed by atoms with Gasteiger partial charge in [-0.1, -0.05) is 24.0 Å². The van der Waals surface area contributed by atoms with Gasteiger partial charge in [0.2, 0.25) is 0 Å². The van der Waals surface area contributed by atoms with Crippen LogP contribution >= 0.6 is 24.0 Å². The second kappa shape index (κ2) is 4.09. The van der Waals surface area contributed by atoms with Crippen molar-refractivity contribution in [2.75, 3.05) is 27.4 Å². The fraction of sp³-hybridized carbons (Fsp3) is 0.800. The molecule has 0 aromatic rings. The maximum absolute atomic E-state index is 5.00. The number of nitrogens with zero attached hydrogens (tertiary/aromatic N) is 2. The summed E-state index contributed by atoms with van der Waals surface area (Å²) in [7, 11) is 5.86. The molecule has 54 valence electrons. The fourth-order valence-corrected chi connectivity index (χ4v) is 0.886. The standard InChI is InChI=1S/C5H12N2S2/c1-6(2)7(3)5(8)9-4/h1-4H3. The molecule has 0 heterocycles. The monoisotopic (exact) mass is 164 g/mol. The van der Waals surface area contributed by atoms with Crippen LogP contribution in [0.5, 0.6) is 0 Å². The topological polar surface area (TPSA) is 6.48 Å². The summed E-state index contributed by atoms with van der Waals surface area (Å²) in [6, 6.07) is 0. The first-order valence-corrected chi connectivity index (χ1v) is 4.21. The number of hydrogen-bond donors (Lipinski definition) is 0. The molecule has 0 rings (SSSR count). The SMILES string of the molecule is CSC(=S)N(C)N(C)C. The van der Waals surface area contributed by atoms with Gasteiger partial charge in [-0.3, -0.25) is 5.01 Å². The predicted molar refractivity (Wildman–Crippen MR) is 47.6 cm³/mol. The molecule has 0 aromatic heterocycles. The molecular weight excluding hydrogens is 152 g/mol. The average Bonchev–Trinajstić information content (AvgIpc) is 1.84. The third kappa shape index (κ3) is 3.03. The Balaban J connectivity index is 3.72. The van der Waals surface area contributed by atoms with Crippen molar-refractivity contribution < 1.29 is 0 Å². The minimum atomic E-state index is 0.889. The van der Waals surface area contributed by atoms with Gasteiger partial charge in [0, 0.05) is 21.1 Å². The Hall–Kier alpha value is 0.200. The van der Waals surface area contributed by atoms with Gasteiger partial charge in [-0.2, -0.15) is 0 Å². The van der Waals surface area contributed by atoms with Gasteiger partial charge in [-0.15, -0.1) is 0 Å². The Morgan fingerprint density at radius 2 is 1.78 bits per heavy atom. The smallest absolute Gasteiger partial charge is 0.150 e. The first kappa shape index (κ1) is 9.20. The number of hydrazine groups is 1. The van der Waals surface area contributed by atoms with Gasteiger partial charge in [0.1, 0.15) is 4.32 Å². The Labute approximate surface area is 66.2 Å². The molecule has 0 aliphatic carbocycles. The highest BCUT2D eigenvalue weighted by molar-refractivity contribution is 8.22. The van der Waals surface area contributed by atoms with E-state index in [-0.39, 0.29) is 0 Å². The Kier molecular flexibility index (Phi) is 4.18. The van der Waals surface area contributed by atoms with Gasteiger partial charge in [0.05, 0.1) is 0 Å². The zero-order chi connectivity index (χ0) is 7.44. The van der Waals surface area contributed by atoms with Crippen LogP contribution in [0.4, 0.5) is 0 Å². The summed E-state index contributed by atoms with van der Waals surface area (Å²) < 4.78 is 0.889. The molecule has 0 aromatic carbocycles. The van der Waals surface area contributed by atoms with Crippen LogP contribution in [-0.4, -0.2) is 41.7 Å². The first-order chi connectivity index (χ1) is 4.09. The van der Waals surface area contributed by atoms with Crippen LogP contribution in [0.25, 0.3) is 0 Å². The van der Waals surface area contributed by atoms with E-state index in [9.17, 15) is 0 Å². The van der Waals surface area contributed by atoms with Crippen molar-refractivity contribution in [3.63, 3.8) is 0 Å². The number of thioether (sulfide) groups is 1. The van der Waals surface area contributed by atoms with Crippen LogP contribution in [0.2, 0.25) is 0 Å². The highest BCUT2D eigenvalue weighted by Gasteiger charge is 2.02. The molecular formula is C5H12N2S2. The molecule has 0 bridgehead atoms. The van der Waals surface area contributed by atoms with E-state index in [0.29, 0.717) is 0 Å². The lowest BCUT2D eigenvalue weighted by Crippen LogP contribution is -2.35. The van der Waals surface area contributed by atoms with E-state index < -0.39 is 0 Å². The van der Waals surface area contributed by atoms with Crippen LogP contribution in [0, 0.1) is 0 Å². The summed E-state index contributed by atoms with van der Waals surface area (Å²) in [6.07, 6.45) is 1.97. The summed E-state index contributed by atoms with van der Waals surface area (Å²) in [5.41, 5.74) is 0. The summed E-state index contributed by atoms with van der Waals surface area (Å²) in [4.78, 5) is 0. The van der Waals surface area contributed by atoms with Crippen molar-refractivity contribution in [1.82, 2.24) is 10.0 Å². The lowest BCUT2D eigenvalue weighted by Gasteiger charge is -2.25. The predicted octanol–water partition coefficient (Wildman–Crippen LogP) is 1.04. The molecule has 2 nitrogen and oxygen atoms in total. The Morgan fingerprint density at radius 1 is 1.33 bits per heavy atom. The maximum atomic E-state index is 5.00. The molecule has 4 heteroatoms. The highest BCUT2D eigenvalue weighted by atomic mass is 32.2. The third-order valence-electron chi connectivity index (χ3n) is 1.04. The third-order valence-corrected chi connectivity index (χ3v) is 2.42. The second-order valence-corrected chi connectivity index (χ2v) is 3.28. The van der Waals surface area contributed by atoms with Crippen LogP contribution in [-0.2, 0) is 0 Å². The Morgan fingerprint density at radius 3 is 1.89 bits per heavy atom. The summed E-state index contributed by atoms with van der Waals surface area (Å²) in [5.74, 6) is 0. The Bertz CT molecular complexity index is 103. The van der Waals surface area contributed by atoms with Crippen LogP contribution in [0.15, 0.2) is 0 Å². The van der Waals surface area contributed by atoms with Crippen molar-refractivity contribution in [1.29, 1.82) is 0 Å². The van der Waals surface area contributed by atoms with Crippen molar-refractivity contribution in [3.05, 3.63) is 0 Å². The van der Waals surface area contributed by atoms with Crippen molar-refractivity contribution in [2.24, 2.45) is 0 Å². The van der Waals surface area contributed by atoms with E-state index in [0.717, 1.165) is 4.32 Å². The molecule has 0 unspecified atom stereocenters. The highest BCUT2D eigenvalue weighted by Crippen LogP contribution is 2.02. The van der Waals surface area contributed by atoms with Gasteiger partial charge in [-0.25, -0.2) is 5.01 Å². The fourth-order valence-electron chi connectivity index (χ4n) is 0.295. The number of rotatable bonds is 1. The maximum Gasteiger partial charge on any atom is 0.150 e. The number of thiocarbonyl (C=S) groups is 1. The molecule has 0 saturated carbocycles. The average molecular weight is 164 g/mol. The van der Waals surface area contributed by atoms with Gasteiger partial charge >= 0.3 is 0 Å². The van der Waals surface area contributed by atoms with Gasteiger partial charge in [-0.05, 0) is 6.26 Å². The lowest BCUT2D eigenvalue weighted by molar-refractivity contribution is 0.152.